The SMILES string of the molecule is CNC(=O)c1ccc(NCC#Cc2nc3c(Br)cccn3c2SC(F)F)c(OC)c1. The van der Waals surface area contributed by atoms with Crippen molar-refractivity contribution in [3.05, 3.63) is 52.3 Å². The van der Waals surface area contributed by atoms with Crippen LogP contribution in [-0.2, 0) is 0 Å². The molecule has 0 unspecified atom stereocenters. The number of imidazole rings is 1. The number of ether oxygens (including phenoxy) is 1. The van der Waals surface area contributed by atoms with Crippen LogP contribution < -0.4 is 15.4 Å². The summed E-state index contributed by atoms with van der Waals surface area (Å²) in [6, 6.07) is 8.51. The van der Waals surface area contributed by atoms with Gasteiger partial charge in [0.05, 0.1) is 23.8 Å². The van der Waals surface area contributed by atoms with Gasteiger partial charge in [-0.15, -0.1) is 0 Å². The highest BCUT2D eigenvalue weighted by Crippen LogP contribution is 2.31. The summed E-state index contributed by atoms with van der Waals surface area (Å²) >= 11 is 3.78. The lowest BCUT2D eigenvalue weighted by molar-refractivity contribution is 0.0962. The molecule has 0 saturated heterocycles. The Balaban J connectivity index is 1.81. The first kappa shape index (κ1) is 21.9. The zero-order valence-electron chi connectivity index (χ0n) is 16.0. The quantitative estimate of drug-likeness (QED) is 0.396. The van der Waals surface area contributed by atoms with Crippen LogP contribution in [0.4, 0.5) is 14.5 Å². The molecule has 1 aromatic carbocycles. The topological polar surface area (TPSA) is 67.7 Å². The van der Waals surface area contributed by atoms with E-state index < -0.39 is 5.76 Å². The van der Waals surface area contributed by atoms with Crippen LogP contribution in [0.25, 0.3) is 5.65 Å². The molecule has 10 heteroatoms. The Morgan fingerprint density at radius 2 is 2.20 bits per heavy atom. The van der Waals surface area contributed by atoms with E-state index in [0.29, 0.717) is 38.9 Å². The number of carbonyl (C=O) groups excluding carboxylic acids is 1. The number of hydrogen-bond donors (Lipinski definition) is 2. The third-order valence-electron chi connectivity index (χ3n) is 4.02. The number of benzene rings is 1. The molecule has 0 atom stereocenters. The number of aromatic nitrogens is 2. The van der Waals surface area contributed by atoms with E-state index in [4.69, 9.17) is 4.74 Å². The summed E-state index contributed by atoms with van der Waals surface area (Å²) in [5, 5.41) is 5.93. The zero-order chi connectivity index (χ0) is 21.7. The van der Waals surface area contributed by atoms with Gasteiger partial charge in [0.25, 0.3) is 11.7 Å². The Morgan fingerprint density at radius 3 is 2.90 bits per heavy atom. The number of pyridine rings is 1. The van der Waals surface area contributed by atoms with Gasteiger partial charge in [-0.2, -0.15) is 8.78 Å². The minimum absolute atomic E-state index is 0.221. The Hall–Kier alpha value is -2.77. The second-order valence-corrected chi connectivity index (χ2v) is 7.68. The molecule has 0 aliphatic carbocycles. The molecule has 3 aromatic rings. The van der Waals surface area contributed by atoms with Gasteiger partial charge in [-0.25, -0.2) is 4.98 Å². The summed E-state index contributed by atoms with van der Waals surface area (Å²) in [5.74, 6) is 3.43. The van der Waals surface area contributed by atoms with E-state index in [1.165, 1.54) is 7.11 Å². The first-order chi connectivity index (χ1) is 14.4. The van der Waals surface area contributed by atoms with Crippen molar-refractivity contribution in [1.82, 2.24) is 14.7 Å². The predicted molar refractivity (Wildman–Crippen MR) is 117 cm³/mol. The first-order valence-electron chi connectivity index (χ1n) is 8.68. The molecular weight excluding hydrogens is 478 g/mol. The average Bonchev–Trinajstić information content (AvgIpc) is 3.08. The van der Waals surface area contributed by atoms with Gasteiger partial charge in [0.15, 0.2) is 5.65 Å². The number of fused-ring (bicyclic) bond motifs is 1. The fraction of sp³-hybridized carbons (Fsp3) is 0.200. The monoisotopic (exact) mass is 494 g/mol. The molecule has 0 aliphatic rings. The molecule has 0 spiro atoms. The molecule has 0 saturated carbocycles. The second-order valence-electron chi connectivity index (χ2n) is 5.84. The van der Waals surface area contributed by atoms with Crippen molar-refractivity contribution in [3.63, 3.8) is 0 Å². The minimum atomic E-state index is -2.59. The van der Waals surface area contributed by atoms with Crippen molar-refractivity contribution in [2.75, 3.05) is 26.0 Å². The maximum Gasteiger partial charge on any atom is 0.290 e. The molecule has 2 heterocycles. The van der Waals surface area contributed by atoms with E-state index >= 15 is 0 Å². The van der Waals surface area contributed by atoms with Gasteiger partial charge < -0.3 is 15.4 Å². The molecular formula is C20H17BrF2N4O2S. The van der Waals surface area contributed by atoms with E-state index in [2.05, 4.69) is 43.4 Å². The standard InChI is InChI=1S/C20H17BrF2N4O2S/c1-24-18(28)12-7-8-14(16(11-12)29-2)25-9-3-6-15-19(30-20(22)23)27-10-4-5-13(21)17(27)26-15/h4-5,7-8,10-11,20,25H,9H2,1-2H3,(H,24,28). The van der Waals surface area contributed by atoms with Crippen molar-refractivity contribution in [3.8, 4) is 17.6 Å². The highest BCUT2D eigenvalue weighted by Gasteiger charge is 2.17. The highest BCUT2D eigenvalue weighted by molar-refractivity contribution is 9.10. The van der Waals surface area contributed by atoms with Gasteiger partial charge in [0, 0.05) is 18.8 Å². The van der Waals surface area contributed by atoms with E-state index in [1.54, 1.807) is 48.0 Å². The predicted octanol–water partition coefficient (Wildman–Crippen LogP) is 4.24. The number of nitrogens with one attached hydrogen (secondary N) is 2. The number of halogens is 3. The van der Waals surface area contributed by atoms with Gasteiger partial charge in [0.1, 0.15) is 16.5 Å². The number of thioether (sulfide) groups is 1. The van der Waals surface area contributed by atoms with Crippen LogP contribution in [0, 0.1) is 11.8 Å². The lowest BCUT2D eigenvalue weighted by Gasteiger charge is -2.10. The van der Waals surface area contributed by atoms with Crippen molar-refractivity contribution >= 4 is 44.9 Å². The minimum Gasteiger partial charge on any atom is -0.495 e. The summed E-state index contributed by atoms with van der Waals surface area (Å²) in [6.07, 6.45) is 1.67. The molecule has 3 rings (SSSR count). The van der Waals surface area contributed by atoms with Crippen LogP contribution in [0.1, 0.15) is 16.1 Å². The molecule has 30 heavy (non-hydrogen) atoms. The summed E-state index contributed by atoms with van der Waals surface area (Å²) < 4.78 is 33.6. The van der Waals surface area contributed by atoms with Crippen LogP contribution >= 0.6 is 27.7 Å². The largest absolute Gasteiger partial charge is 0.495 e. The number of anilines is 1. The third kappa shape index (κ3) is 4.86. The summed E-state index contributed by atoms with van der Waals surface area (Å²) in [4.78, 5) is 16.1. The molecule has 0 fully saturated rings. The summed E-state index contributed by atoms with van der Waals surface area (Å²) in [7, 11) is 3.05. The molecule has 1 amide bonds. The lowest BCUT2D eigenvalue weighted by atomic mass is 10.1. The highest BCUT2D eigenvalue weighted by atomic mass is 79.9. The normalized spacial score (nSPS) is 10.6. The Kier molecular flexibility index (Phi) is 7.18. The number of methoxy groups -OCH3 is 1. The maximum atomic E-state index is 13.0. The van der Waals surface area contributed by atoms with Gasteiger partial charge >= 0.3 is 0 Å². The molecule has 2 aromatic heterocycles. The smallest absolute Gasteiger partial charge is 0.290 e. The van der Waals surface area contributed by atoms with E-state index in [0.717, 1.165) is 0 Å². The fourth-order valence-corrected chi connectivity index (χ4v) is 3.75. The summed E-state index contributed by atoms with van der Waals surface area (Å²) in [6.45, 7) is 0.226. The van der Waals surface area contributed by atoms with Crippen LogP contribution in [-0.4, -0.2) is 41.8 Å². The van der Waals surface area contributed by atoms with Gasteiger partial charge in [-0.3, -0.25) is 9.20 Å². The second kappa shape index (κ2) is 9.82. The number of amides is 1. The van der Waals surface area contributed by atoms with Crippen LogP contribution in [0.5, 0.6) is 5.75 Å². The van der Waals surface area contributed by atoms with Crippen molar-refractivity contribution in [2.45, 2.75) is 10.8 Å². The number of alkyl halides is 2. The molecule has 156 valence electrons. The maximum absolute atomic E-state index is 13.0. The van der Waals surface area contributed by atoms with Crippen LogP contribution in [0.3, 0.4) is 0 Å². The van der Waals surface area contributed by atoms with Crippen molar-refractivity contribution in [1.29, 1.82) is 0 Å². The lowest BCUT2D eigenvalue weighted by Crippen LogP contribution is -2.17. The Bertz CT molecular complexity index is 1140. The Labute approximate surface area is 184 Å². The molecule has 6 nitrogen and oxygen atoms in total. The molecule has 0 bridgehead atoms. The first-order valence-corrected chi connectivity index (χ1v) is 10.4. The van der Waals surface area contributed by atoms with E-state index in [-0.39, 0.29) is 23.2 Å². The number of hydrogen-bond acceptors (Lipinski definition) is 5. The third-order valence-corrected chi connectivity index (χ3v) is 5.43. The fourth-order valence-electron chi connectivity index (χ4n) is 2.68. The van der Waals surface area contributed by atoms with E-state index in [1.807, 2.05) is 0 Å². The number of carbonyl (C=O) groups is 1. The zero-order valence-corrected chi connectivity index (χ0v) is 18.4. The van der Waals surface area contributed by atoms with Crippen molar-refractivity contribution in [2.24, 2.45) is 0 Å². The van der Waals surface area contributed by atoms with Crippen LogP contribution in [0.15, 0.2) is 46.0 Å². The molecule has 2 N–H and O–H groups in total. The molecule has 0 aliphatic heterocycles. The van der Waals surface area contributed by atoms with Gasteiger partial charge in [-0.1, -0.05) is 5.92 Å². The molecule has 0 radical (unpaired) electrons. The number of rotatable bonds is 6. The summed E-state index contributed by atoms with van der Waals surface area (Å²) in [5.41, 5.74) is 1.91. The van der Waals surface area contributed by atoms with E-state index in [9.17, 15) is 13.6 Å². The number of nitrogens with zero attached hydrogens (tertiary/aromatic N) is 2. The van der Waals surface area contributed by atoms with Gasteiger partial charge in [-0.05, 0) is 63.9 Å². The van der Waals surface area contributed by atoms with Crippen LogP contribution in [0.2, 0.25) is 0 Å². The average molecular weight is 495 g/mol. The van der Waals surface area contributed by atoms with Gasteiger partial charge in [0.2, 0.25) is 0 Å². The Morgan fingerprint density at radius 1 is 1.40 bits per heavy atom. The van der Waals surface area contributed by atoms with Crippen molar-refractivity contribution < 1.29 is 18.3 Å².